The van der Waals surface area contributed by atoms with E-state index < -0.39 is 0 Å². The number of carbonyl (C=O) groups is 1. The van der Waals surface area contributed by atoms with Crippen LogP contribution in [0, 0.1) is 11.8 Å². The van der Waals surface area contributed by atoms with Crippen molar-refractivity contribution < 1.29 is 14.3 Å². The number of hydrogen-bond acceptors (Lipinski definition) is 3. The molecule has 0 saturated heterocycles. The molecular formula is C18H24O3. The van der Waals surface area contributed by atoms with Gasteiger partial charge in [-0.05, 0) is 68.7 Å². The number of carbonyl (C=O) groups excluding carboxylic acids is 1. The molecule has 3 heteroatoms. The lowest BCUT2D eigenvalue weighted by Gasteiger charge is -2.28. The molecule has 1 saturated carbocycles. The molecule has 0 radical (unpaired) electrons. The quantitative estimate of drug-likeness (QED) is 0.600. The van der Waals surface area contributed by atoms with E-state index in [9.17, 15) is 4.79 Å². The van der Waals surface area contributed by atoms with E-state index in [0.717, 1.165) is 18.6 Å². The van der Waals surface area contributed by atoms with Crippen molar-refractivity contribution in [1.82, 2.24) is 0 Å². The molecule has 0 spiro atoms. The van der Waals surface area contributed by atoms with Crippen LogP contribution < -0.4 is 4.74 Å². The molecule has 1 aliphatic carbocycles. The second-order valence-electron chi connectivity index (χ2n) is 5.89. The number of benzene rings is 1. The Morgan fingerprint density at radius 2 is 1.81 bits per heavy atom. The van der Waals surface area contributed by atoms with Crippen molar-refractivity contribution in [3.05, 3.63) is 42.0 Å². The van der Waals surface area contributed by atoms with E-state index in [0.29, 0.717) is 24.0 Å². The predicted octanol–water partition coefficient (Wildman–Crippen LogP) is 4.23. The van der Waals surface area contributed by atoms with E-state index in [1.165, 1.54) is 18.4 Å². The largest absolute Gasteiger partial charge is 0.497 e. The topological polar surface area (TPSA) is 35.5 Å². The van der Waals surface area contributed by atoms with Gasteiger partial charge in [0.25, 0.3) is 0 Å². The molecule has 1 aromatic rings. The highest BCUT2D eigenvalue weighted by atomic mass is 16.5. The molecule has 0 bridgehead atoms. The van der Waals surface area contributed by atoms with Crippen molar-refractivity contribution in [2.75, 3.05) is 13.7 Å². The van der Waals surface area contributed by atoms with E-state index in [4.69, 9.17) is 9.47 Å². The number of esters is 1. The average molecular weight is 288 g/mol. The zero-order valence-corrected chi connectivity index (χ0v) is 12.9. The Kier molecular flexibility index (Phi) is 5.43. The van der Waals surface area contributed by atoms with Gasteiger partial charge in [0.05, 0.1) is 19.3 Å². The summed E-state index contributed by atoms with van der Waals surface area (Å²) in [5, 5.41) is 0. The first-order valence-corrected chi connectivity index (χ1v) is 7.56. The molecule has 3 nitrogen and oxygen atoms in total. The molecule has 1 aromatic carbocycles. The Morgan fingerprint density at radius 3 is 2.33 bits per heavy atom. The van der Waals surface area contributed by atoms with E-state index in [2.05, 4.69) is 13.5 Å². The van der Waals surface area contributed by atoms with Gasteiger partial charge < -0.3 is 9.47 Å². The van der Waals surface area contributed by atoms with Crippen LogP contribution in [-0.4, -0.2) is 19.7 Å². The first-order valence-electron chi connectivity index (χ1n) is 7.56. The van der Waals surface area contributed by atoms with Crippen LogP contribution in [0.4, 0.5) is 0 Å². The van der Waals surface area contributed by atoms with Gasteiger partial charge in [0, 0.05) is 0 Å². The Bertz CT molecular complexity index is 482. The van der Waals surface area contributed by atoms with Crippen LogP contribution in [0.5, 0.6) is 5.75 Å². The number of rotatable bonds is 5. The first-order chi connectivity index (χ1) is 10.1. The lowest BCUT2D eigenvalue weighted by molar-refractivity contribution is 0.0400. The SMILES string of the molecule is C=C(C)C1CCC(COC(=O)c2ccc(OC)cc2)CC1. The molecule has 0 N–H and O–H groups in total. The standard InChI is InChI=1S/C18H24O3/c1-13(2)15-6-4-14(5-7-15)12-21-18(19)16-8-10-17(20-3)11-9-16/h8-11,14-15H,1,4-7,12H2,2-3H3. The zero-order valence-electron chi connectivity index (χ0n) is 12.9. The maximum Gasteiger partial charge on any atom is 0.338 e. The van der Waals surface area contributed by atoms with Crippen molar-refractivity contribution in [2.24, 2.45) is 11.8 Å². The highest BCUT2D eigenvalue weighted by molar-refractivity contribution is 5.89. The predicted molar refractivity (Wildman–Crippen MR) is 83.5 cm³/mol. The van der Waals surface area contributed by atoms with Crippen molar-refractivity contribution >= 4 is 5.97 Å². The minimum atomic E-state index is -0.250. The summed E-state index contributed by atoms with van der Waals surface area (Å²) < 4.78 is 10.5. The normalized spacial score (nSPS) is 21.6. The van der Waals surface area contributed by atoms with E-state index in [-0.39, 0.29) is 5.97 Å². The van der Waals surface area contributed by atoms with Crippen molar-refractivity contribution in [3.63, 3.8) is 0 Å². The highest BCUT2D eigenvalue weighted by Crippen LogP contribution is 2.32. The minimum Gasteiger partial charge on any atom is -0.497 e. The fraction of sp³-hybridized carbons (Fsp3) is 0.500. The average Bonchev–Trinajstić information content (AvgIpc) is 2.53. The molecule has 0 heterocycles. The molecule has 0 unspecified atom stereocenters. The fourth-order valence-corrected chi connectivity index (χ4v) is 2.83. The van der Waals surface area contributed by atoms with Gasteiger partial charge in [0.2, 0.25) is 0 Å². The van der Waals surface area contributed by atoms with Crippen molar-refractivity contribution in [2.45, 2.75) is 32.6 Å². The third-order valence-electron chi connectivity index (χ3n) is 4.32. The second kappa shape index (κ2) is 7.30. The Morgan fingerprint density at radius 1 is 1.19 bits per heavy atom. The fourth-order valence-electron chi connectivity index (χ4n) is 2.83. The summed E-state index contributed by atoms with van der Waals surface area (Å²) >= 11 is 0. The molecule has 0 amide bonds. The summed E-state index contributed by atoms with van der Waals surface area (Å²) in [5.74, 6) is 1.63. The maximum absolute atomic E-state index is 12.0. The number of methoxy groups -OCH3 is 1. The molecule has 1 aliphatic rings. The van der Waals surface area contributed by atoms with Crippen LogP contribution in [0.1, 0.15) is 43.0 Å². The smallest absolute Gasteiger partial charge is 0.338 e. The Labute approximate surface area is 127 Å². The molecule has 1 fully saturated rings. The zero-order chi connectivity index (χ0) is 15.2. The van der Waals surface area contributed by atoms with Gasteiger partial charge in [-0.1, -0.05) is 12.2 Å². The van der Waals surface area contributed by atoms with Gasteiger partial charge in [0.1, 0.15) is 5.75 Å². The third-order valence-corrected chi connectivity index (χ3v) is 4.32. The van der Waals surface area contributed by atoms with E-state index >= 15 is 0 Å². The Hall–Kier alpha value is -1.77. The van der Waals surface area contributed by atoms with E-state index in [1.807, 2.05) is 0 Å². The van der Waals surface area contributed by atoms with Gasteiger partial charge in [-0.25, -0.2) is 4.79 Å². The molecule has 21 heavy (non-hydrogen) atoms. The second-order valence-corrected chi connectivity index (χ2v) is 5.89. The third kappa shape index (κ3) is 4.35. The van der Waals surface area contributed by atoms with Crippen LogP contribution in [0.15, 0.2) is 36.4 Å². The monoisotopic (exact) mass is 288 g/mol. The van der Waals surface area contributed by atoms with Crippen LogP contribution in [0.25, 0.3) is 0 Å². The van der Waals surface area contributed by atoms with Gasteiger partial charge in [0.15, 0.2) is 0 Å². The lowest BCUT2D eigenvalue weighted by atomic mass is 9.79. The summed E-state index contributed by atoms with van der Waals surface area (Å²) in [5.41, 5.74) is 1.86. The molecule has 0 aliphatic heterocycles. The summed E-state index contributed by atoms with van der Waals surface area (Å²) in [6.45, 7) is 6.66. The van der Waals surface area contributed by atoms with Gasteiger partial charge >= 0.3 is 5.97 Å². The number of allylic oxidation sites excluding steroid dienone is 1. The molecule has 0 aromatic heterocycles. The summed E-state index contributed by atoms with van der Waals surface area (Å²) in [6.07, 6.45) is 4.57. The van der Waals surface area contributed by atoms with Crippen LogP contribution in [0.3, 0.4) is 0 Å². The van der Waals surface area contributed by atoms with Crippen molar-refractivity contribution in [1.29, 1.82) is 0 Å². The Balaban J connectivity index is 1.77. The summed E-state index contributed by atoms with van der Waals surface area (Å²) in [4.78, 5) is 12.0. The number of hydrogen-bond donors (Lipinski definition) is 0. The van der Waals surface area contributed by atoms with Gasteiger partial charge in [-0.2, -0.15) is 0 Å². The van der Waals surface area contributed by atoms with Crippen LogP contribution >= 0.6 is 0 Å². The lowest BCUT2D eigenvalue weighted by Crippen LogP contribution is -2.21. The van der Waals surface area contributed by atoms with Crippen LogP contribution in [0.2, 0.25) is 0 Å². The van der Waals surface area contributed by atoms with Gasteiger partial charge in [-0.3, -0.25) is 0 Å². The maximum atomic E-state index is 12.0. The van der Waals surface area contributed by atoms with E-state index in [1.54, 1.807) is 31.4 Å². The van der Waals surface area contributed by atoms with Crippen molar-refractivity contribution in [3.8, 4) is 5.75 Å². The summed E-state index contributed by atoms with van der Waals surface area (Å²) in [6, 6.07) is 7.02. The summed E-state index contributed by atoms with van der Waals surface area (Å²) in [7, 11) is 1.61. The highest BCUT2D eigenvalue weighted by Gasteiger charge is 2.22. The molecule has 2 rings (SSSR count). The molecule has 0 atom stereocenters. The van der Waals surface area contributed by atoms with Gasteiger partial charge in [-0.15, -0.1) is 0 Å². The first kappa shape index (κ1) is 15.6. The minimum absolute atomic E-state index is 0.250. The molecular weight excluding hydrogens is 264 g/mol. The molecule has 114 valence electrons. The van der Waals surface area contributed by atoms with Crippen LogP contribution in [-0.2, 0) is 4.74 Å². The number of ether oxygens (including phenoxy) is 2.